The highest BCUT2D eigenvalue weighted by Gasteiger charge is 2.37. The van der Waals surface area contributed by atoms with E-state index in [0.717, 1.165) is 63.1 Å². The number of hydrogen-bond acceptors (Lipinski definition) is 4. The maximum atomic E-state index is 13.8. The molecule has 4 fully saturated rings. The van der Waals surface area contributed by atoms with Crippen molar-refractivity contribution >= 4 is 30.6 Å². The van der Waals surface area contributed by atoms with Crippen molar-refractivity contribution in [2.45, 2.75) is 192 Å². The van der Waals surface area contributed by atoms with Crippen molar-refractivity contribution in [3.8, 4) is 0 Å². The van der Waals surface area contributed by atoms with Gasteiger partial charge in [-0.25, -0.2) is 0 Å². The van der Waals surface area contributed by atoms with Crippen molar-refractivity contribution in [3.05, 3.63) is 0 Å². The Hall–Kier alpha value is 0.130. The molecule has 4 rings (SSSR count). The van der Waals surface area contributed by atoms with Crippen molar-refractivity contribution in [1.29, 1.82) is 0 Å². The number of rotatable bonds is 19. The van der Waals surface area contributed by atoms with E-state index in [-0.39, 0.29) is 24.8 Å². The number of carbonyl (C=O) groups is 1. The van der Waals surface area contributed by atoms with Crippen LogP contribution in [0.5, 0.6) is 0 Å². The van der Waals surface area contributed by atoms with Crippen molar-refractivity contribution < 1.29 is 4.79 Å². The quantitative estimate of drug-likeness (QED) is 0.143. The highest BCUT2D eigenvalue weighted by molar-refractivity contribution is 5.85. The second kappa shape index (κ2) is 24.3. The first kappa shape index (κ1) is 41.3. The Morgan fingerprint density at radius 1 is 0.622 bits per heavy atom. The van der Waals surface area contributed by atoms with Crippen LogP contribution in [0.2, 0.25) is 0 Å². The first-order valence-corrected chi connectivity index (χ1v) is 19.9. The van der Waals surface area contributed by atoms with E-state index in [1.165, 1.54) is 154 Å². The zero-order valence-corrected chi connectivity index (χ0v) is 30.9. The van der Waals surface area contributed by atoms with Crippen LogP contribution in [0.3, 0.4) is 0 Å². The summed E-state index contributed by atoms with van der Waals surface area (Å²) in [4.78, 5) is 16.6. The Balaban J connectivity index is 0.00000353. The van der Waals surface area contributed by atoms with Crippen LogP contribution in [-0.4, -0.2) is 42.4 Å². The number of nitrogens with two attached hydrogens (primary N) is 2. The van der Waals surface area contributed by atoms with E-state index < -0.39 is 0 Å². The first-order chi connectivity index (χ1) is 21.2. The van der Waals surface area contributed by atoms with Gasteiger partial charge in [-0.15, -0.1) is 24.8 Å². The van der Waals surface area contributed by atoms with E-state index in [1.807, 2.05) is 0 Å². The van der Waals surface area contributed by atoms with Crippen molar-refractivity contribution in [2.24, 2.45) is 41.1 Å². The maximum absolute atomic E-state index is 13.8. The SMILES string of the molecule is Cl.Cl.NCCCN(C(CN)C(CCC1CCCCC1)CCC1CCCCC1)C(CC(=O)CCC1CCCCC1)C1CCCCC1. The molecule has 6 heteroatoms. The summed E-state index contributed by atoms with van der Waals surface area (Å²) in [6, 6.07) is 0.767. The third-order valence-corrected chi connectivity index (χ3v) is 12.8. The molecule has 4 nitrogen and oxygen atoms in total. The first-order valence-electron chi connectivity index (χ1n) is 19.9. The second-order valence-corrected chi connectivity index (χ2v) is 15.9. The van der Waals surface area contributed by atoms with Gasteiger partial charge in [0, 0.05) is 38.0 Å². The molecule has 0 aromatic heterocycles. The van der Waals surface area contributed by atoms with Gasteiger partial charge in [-0.3, -0.25) is 9.69 Å². The number of carbonyl (C=O) groups excluding carboxylic acids is 1. The lowest BCUT2D eigenvalue weighted by Gasteiger charge is -2.46. The van der Waals surface area contributed by atoms with Gasteiger partial charge in [0.15, 0.2) is 0 Å². The summed E-state index contributed by atoms with van der Waals surface area (Å²) >= 11 is 0. The lowest BCUT2D eigenvalue weighted by Crippen LogP contribution is -2.54. The molecule has 0 aromatic carbocycles. The van der Waals surface area contributed by atoms with Gasteiger partial charge in [-0.05, 0) is 74.7 Å². The van der Waals surface area contributed by atoms with Gasteiger partial charge in [0.05, 0.1) is 0 Å². The van der Waals surface area contributed by atoms with Crippen molar-refractivity contribution in [3.63, 3.8) is 0 Å². The van der Waals surface area contributed by atoms with E-state index in [2.05, 4.69) is 4.90 Å². The molecule has 0 bridgehead atoms. The summed E-state index contributed by atoms with van der Waals surface area (Å²) < 4.78 is 0. The molecule has 0 saturated heterocycles. The molecule has 4 N–H and O–H groups in total. The highest BCUT2D eigenvalue weighted by Crippen LogP contribution is 2.38. The van der Waals surface area contributed by atoms with E-state index in [4.69, 9.17) is 11.5 Å². The van der Waals surface area contributed by atoms with Crippen LogP contribution in [0.1, 0.15) is 180 Å². The molecule has 2 unspecified atom stereocenters. The topological polar surface area (TPSA) is 72.3 Å². The summed E-state index contributed by atoms with van der Waals surface area (Å²) in [6.45, 7) is 2.50. The summed E-state index contributed by atoms with van der Waals surface area (Å²) in [7, 11) is 0. The highest BCUT2D eigenvalue weighted by atomic mass is 35.5. The molecule has 45 heavy (non-hydrogen) atoms. The zero-order valence-electron chi connectivity index (χ0n) is 29.3. The molecule has 0 heterocycles. The zero-order chi connectivity index (χ0) is 30.1. The third-order valence-electron chi connectivity index (χ3n) is 12.8. The number of hydrogen-bond donors (Lipinski definition) is 2. The molecule has 0 aliphatic heterocycles. The summed E-state index contributed by atoms with van der Waals surface area (Å²) in [5.41, 5.74) is 13.1. The van der Waals surface area contributed by atoms with Crippen LogP contribution >= 0.6 is 24.8 Å². The smallest absolute Gasteiger partial charge is 0.134 e. The van der Waals surface area contributed by atoms with Gasteiger partial charge in [0.25, 0.3) is 0 Å². The van der Waals surface area contributed by atoms with Gasteiger partial charge in [0.2, 0.25) is 0 Å². The molecule has 0 aromatic rings. The molecule has 0 amide bonds. The van der Waals surface area contributed by atoms with Crippen LogP contribution in [0.15, 0.2) is 0 Å². The predicted molar refractivity (Wildman–Crippen MR) is 199 cm³/mol. The minimum Gasteiger partial charge on any atom is -0.330 e. The monoisotopic (exact) mass is 672 g/mol. The molecule has 4 saturated carbocycles. The standard InChI is InChI=1S/C39H73N3O.2ClH/c40-28-13-29-42(38(35-20-11-4-12-21-35)30-37(43)27-24-34-18-9-3-10-19-34)39(31-41)36(25-22-32-14-5-1-6-15-32)26-23-33-16-7-2-8-17-33;;/h32-36,38-39H,1-31,40-41H2;2*1H. The normalized spacial score (nSPS) is 22.6. The lowest BCUT2D eigenvalue weighted by atomic mass is 9.76. The lowest BCUT2D eigenvalue weighted by molar-refractivity contribution is -0.122. The molecule has 266 valence electrons. The van der Waals surface area contributed by atoms with E-state index in [1.54, 1.807) is 0 Å². The minimum absolute atomic E-state index is 0. The fourth-order valence-corrected chi connectivity index (χ4v) is 10.1. The average molecular weight is 673 g/mol. The van der Waals surface area contributed by atoms with E-state index in [9.17, 15) is 4.79 Å². The summed E-state index contributed by atoms with van der Waals surface area (Å²) in [5, 5.41) is 0. The van der Waals surface area contributed by atoms with Gasteiger partial charge in [-0.1, -0.05) is 128 Å². The summed E-state index contributed by atoms with van der Waals surface area (Å²) in [5.74, 6) is 4.50. The minimum atomic E-state index is 0. The largest absolute Gasteiger partial charge is 0.330 e. The Labute approximate surface area is 291 Å². The molecular weight excluding hydrogens is 597 g/mol. The van der Waals surface area contributed by atoms with Gasteiger partial charge < -0.3 is 11.5 Å². The fourth-order valence-electron chi connectivity index (χ4n) is 10.1. The van der Waals surface area contributed by atoms with Crippen molar-refractivity contribution in [1.82, 2.24) is 4.90 Å². The second-order valence-electron chi connectivity index (χ2n) is 15.9. The number of halogens is 2. The van der Waals surface area contributed by atoms with Crippen LogP contribution in [-0.2, 0) is 4.79 Å². The van der Waals surface area contributed by atoms with Crippen LogP contribution in [0, 0.1) is 29.6 Å². The molecule has 2 atom stereocenters. The van der Waals surface area contributed by atoms with E-state index in [0.29, 0.717) is 29.7 Å². The van der Waals surface area contributed by atoms with Gasteiger partial charge in [0.1, 0.15) is 5.78 Å². The van der Waals surface area contributed by atoms with E-state index >= 15 is 0 Å². The fraction of sp³-hybridized carbons (Fsp3) is 0.974. The number of Topliss-reactive ketones (excluding diaryl/α,β-unsaturated/α-hetero) is 1. The Morgan fingerprint density at radius 3 is 1.51 bits per heavy atom. The van der Waals surface area contributed by atoms with Crippen LogP contribution < -0.4 is 11.5 Å². The number of ketones is 1. The summed E-state index contributed by atoms with van der Waals surface area (Å²) in [6.07, 6.45) is 37.1. The van der Waals surface area contributed by atoms with Crippen molar-refractivity contribution in [2.75, 3.05) is 19.6 Å². The van der Waals surface area contributed by atoms with Crippen LogP contribution in [0.4, 0.5) is 0 Å². The molecule has 0 spiro atoms. The predicted octanol–water partition coefficient (Wildman–Crippen LogP) is 10.4. The van der Waals surface area contributed by atoms with Gasteiger partial charge in [-0.2, -0.15) is 0 Å². The van der Waals surface area contributed by atoms with Crippen LogP contribution in [0.25, 0.3) is 0 Å². The maximum Gasteiger partial charge on any atom is 0.134 e. The Morgan fingerprint density at radius 2 is 1.07 bits per heavy atom. The average Bonchev–Trinajstić information content (AvgIpc) is 3.07. The number of nitrogens with zero attached hydrogens (tertiary/aromatic N) is 1. The Bertz CT molecular complexity index is 708. The van der Waals surface area contributed by atoms with Gasteiger partial charge >= 0.3 is 0 Å². The Kier molecular flexibility index (Phi) is 22.3. The molecular formula is C39H75Cl2N3O. The molecule has 0 radical (unpaired) electrons. The molecule has 4 aliphatic carbocycles. The molecule has 4 aliphatic rings. The third kappa shape index (κ3) is 14.6.